The molecule has 2 N–H and O–H groups in total. The van der Waals surface area contributed by atoms with Gasteiger partial charge in [-0.3, -0.25) is 4.68 Å². The maximum Gasteiger partial charge on any atom is 0.328 e. The molecule has 1 atom stereocenters. The Bertz CT molecular complexity index is 437. The van der Waals surface area contributed by atoms with Gasteiger partial charge in [0, 0.05) is 6.20 Å². The maximum atomic E-state index is 12.0. The molecule has 0 aliphatic heterocycles. The van der Waals surface area contributed by atoms with Gasteiger partial charge in [0.25, 0.3) is 0 Å². The lowest BCUT2D eigenvalue weighted by molar-refractivity contribution is -0.151. The maximum absolute atomic E-state index is 12.0. The number of hydrogen-bond acceptors (Lipinski definition) is 4. The summed E-state index contributed by atoms with van der Waals surface area (Å²) in [6.07, 6.45) is 3.62. The Morgan fingerprint density at radius 2 is 2.39 bits per heavy atom. The predicted octanol–water partition coefficient (Wildman–Crippen LogP) is 1.52. The minimum Gasteiger partial charge on any atom is -0.465 e. The lowest BCUT2D eigenvalue weighted by Gasteiger charge is -2.26. The Kier molecular flexibility index (Phi) is 3.64. The lowest BCUT2D eigenvalue weighted by atomic mass is 9.94. The van der Waals surface area contributed by atoms with Gasteiger partial charge in [-0.1, -0.05) is 11.6 Å². The zero-order chi connectivity index (χ0) is 13.3. The monoisotopic (exact) mass is 271 g/mol. The van der Waals surface area contributed by atoms with Crippen LogP contribution in [0.2, 0.25) is 5.02 Å². The van der Waals surface area contributed by atoms with Crippen molar-refractivity contribution in [1.29, 1.82) is 0 Å². The summed E-state index contributed by atoms with van der Waals surface area (Å²) in [6, 6.07) is 0. The molecule has 0 aromatic carbocycles. The second-order valence-electron chi connectivity index (χ2n) is 4.80. The molecule has 100 valence electrons. The number of esters is 1. The fourth-order valence-electron chi connectivity index (χ4n) is 2.07. The molecule has 0 amide bonds. The summed E-state index contributed by atoms with van der Waals surface area (Å²) in [5.41, 5.74) is 5.99. The minimum atomic E-state index is -0.988. The van der Waals surface area contributed by atoms with Crippen molar-refractivity contribution in [2.24, 2.45) is 11.7 Å². The second kappa shape index (κ2) is 4.90. The Hall–Kier alpha value is -1.07. The average Bonchev–Trinajstić information content (AvgIpc) is 3.08. The van der Waals surface area contributed by atoms with E-state index in [-0.39, 0.29) is 11.9 Å². The van der Waals surface area contributed by atoms with E-state index in [1.807, 2.05) is 6.92 Å². The Balaban J connectivity index is 2.17. The molecule has 5 nitrogen and oxygen atoms in total. The van der Waals surface area contributed by atoms with Gasteiger partial charge in [-0.15, -0.1) is 0 Å². The molecular weight excluding hydrogens is 254 g/mol. The number of carbonyl (C=O) groups excluding carboxylic acids is 1. The first-order valence-electron chi connectivity index (χ1n) is 6.13. The van der Waals surface area contributed by atoms with Gasteiger partial charge < -0.3 is 10.5 Å². The molecule has 1 aromatic rings. The van der Waals surface area contributed by atoms with Crippen LogP contribution in [0.25, 0.3) is 0 Å². The standard InChI is InChI=1S/C12H18ClN3O2/c1-3-18-11(17)12(14,9-4-5-9)7-16-6-10(13)8(2)15-16/h6,9H,3-5,7,14H2,1-2H3. The lowest BCUT2D eigenvalue weighted by Crippen LogP contribution is -2.54. The van der Waals surface area contributed by atoms with E-state index in [2.05, 4.69) is 5.10 Å². The molecule has 1 fully saturated rings. The van der Waals surface area contributed by atoms with Gasteiger partial charge in [-0.2, -0.15) is 5.10 Å². The number of aryl methyl sites for hydroxylation is 1. The molecule has 18 heavy (non-hydrogen) atoms. The molecule has 0 spiro atoms. The van der Waals surface area contributed by atoms with Gasteiger partial charge in [0.2, 0.25) is 0 Å². The summed E-state index contributed by atoms with van der Waals surface area (Å²) >= 11 is 5.95. The summed E-state index contributed by atoms with van der Waals surface area (Å²) < 4.78 is 6.71. The summed E-state index contributed by atoms with van der Waals surface area (Å²) in [6.45, 7) is 4.24. The highest BCUT2D eigenvalue weighted by Crippen LogP contribution is 2.40. The Morgan fingerprint density at radius 3 is 2.83 bits per heavy atom. The van der Waals surface area contributed by atoms with Gasteiger partial charge in [0.05, 0.1) is 23.9 Å². The van der Waals surface area contributed by atoms with Gasteiger partial charge in [0.15, 0.2) is 0 Å². The number of aromatic nitrogens is 2. The van der Waals surface area contributed by atoms with Crippen molar-refractivity contribution in [3.63, 3.8) is 0 Å². The highest BCUT2D eigenvalue weighted by Gasteiger charge is 2.49. The van der Waals surface area contributed by atoms with Crippen molar-refractivity contribution >= 4 is 17.6 Å². The van der Waals surface area contributed by atoms with Gasteiger partial charge in [-0.25, -0.2) is 4.79 Å². The molecule has 1 unspecified atom stereocenters. The number of rotatable bonds is 5. The number of carbonyl (C=O) groups is 1. The number of nitrogens with zero attached hydrogens (tertiary/aromatic N) is 2. The van der Waals surface area contributed by atoms with Crippen LogP contribution in [-0.4, -0.2) is 27.9 Å². The van der Waals surface area contributed by atoms with Crippen LogP contribution < -0.4 is 5.73 Å². The fraction of sp³-hybridized carbons (Fsp3) is 0.667. The molecular formula is C12H18ClN3O2. The van der Waals surface area contributed by atoms with E-state index in [4.69, 9.17) is 22.1 Å². The fourth-order valence-corrected chi connectivity index (χ4v) is 2.22. The SMILES string of the molecule is CCOC(=O)C(N)(Cn1cc(Cl)c(C)n1)C1CC1. The number of ether oxygens (including phenoxy) is 1. The van der Waals surface area contributed by atoms with Crippen molar-refractivity contribution in [2.75, 3.05) is 6.61 Å². The number of nitrogens with two attached hydrogens (primary N) is 1. The normalized spacial score (nSPS) is 18.4. The molecule has 0 radical (unpaired) electrons. The molecule has 1 saturated carbocycles. The van der Waals surface area contributed by atoms with Crippen molar-refractivity contribution in [2.45, 2.75) is 38.8 Å². The first-order chi connectivity index (χ1) is 8.47. The molecule has 1 aliphatic rings. The van der Waals surface area contributed by atoms with E-state index in [9.17, 15) is 4.79 Å². The third-order valence-electron chi connectivity index (χ3n) is 3.27. The average molecular weight is 272 g/mol. The van der Waals surface area contributed by atoms with Crippen molar-refractivity contribution in [3.05, 3.63) is 16.9 Å². The van der Waals surface area contributed by atoms with E-state index in [1.165, 1.54) is 0 Å². The van der Waals surface area contributed by atoms with Crippen LogP contribution in [0.4, 0.5) is 0 Å². The largest absolute Gasteiger partial charge is 0.465 e. The quantitative estimate of drug-likeness (QED) is 0.824. The summed E-state index contributed by atoms with van der Waals surface area (Å²) in [5.74, 6) is -0.170. The zero-order valence-electron chi connectivity index (χ0n) is 10.6. The Morgan fingerprint density at radius 1 is 1.72 bits per heavy atom. The minimum absolute atomic E-state index is 0.180. The van der Waals surface area contributed by atoms with E-state index in [0.717, 1.165) is 18.5 Å². The van der Waals surface area contributed by atoms with Crippen molar-refractivity contribution in [1.82, 2.24) is 9.78 Å². The van der Waals surface area contributed by atoms with E-state index in [0.29, 0.717) is 18.2 Å². The predicted molar refractivity (Wildman–Crippen MR) is 68.2 cm³/mol. The summed E-state index contributed by atoms with van der Waals surface area (Å²) in [5, 5.41) is 4.83. The van der Waals surface area contributed by atoms with Crippen molar-refractivity contribution < 1.29 is 9.53 Å². The number of hydrogen-bond donors (Lipinski definition) is 1. The summed E-state index contributed by atoms with van der Waals surface area (Å²) in [4.78, 5) is 12.0. The summed E-state index contributed by atoms with van der Waals surface area (Å²) in [7, 11) is 0. The van der Waals surface area contributed by atoms with Crippen LogP contribution in [0.15, 0.2) is 6.20 Å². The molecule has 1 aliphatic carbocycles. The topological polar surface area (TPSA) is 70.1 Å². The van der Waals surface area contributed by atoms with Crippen molar-refractivity contribution in [3.8, 4) is 0 Å². The van der Waals surface area contributed by atoms with Crippen LogP contribution >= 0.6 is 11.6 Å². The highest BCUT2D eigenvalue weighted by molar-refractivity contribution is 6.31. The zero-order valence-corrected chi connectivity index (χ0v) is 11.4. The second-order valence-corrected chi connectivity index (χ2v) is 5.20. The third-order valence-corrected chi connectivity index (χ3v) is 3.64. The van der Waals surface area contributed by atoms with Crippen LogP contribution in [0.3, 0.4) is 0 Å². The van der Waals surface area contributed by atoms with Gasteiger partial charge in [0.1, 0.15) is 5.54 Å². The first kappa shape index (κ1) is 13.4. The molecule has 0 bridgehead atoms. The molecule has 0 saturated heterocycles. The van der Waals surface area contributed by atoms with Crippen LogP contribution in [0.5, 0.6) is 0 Å². The third kappa shape index (κ3) is 2.52. The van der Waals surface area contributed by atoms with E-state index in [1.54, 1.807) is 17.8 Å². The van der Waals surface area contributed by atoms with Crippen LogP contribution in [0.1, 0.15) is 25.5 Å². The Labute approximate surface area is 111 Å². The van der Waals surface area contributed by atoms with Crippen LogP contribution in [-0.2, 0) is 16.1 Å². The highest BCUT2D eigenvalue weighted by atomic mass is 35.5. The first-order valence-corrected chi connectivity index (χ1v) is 6.51. The van der Waals surface area contributed by atoms with E-state index < -0.39 is 5.54 Å². The van der Waals surface area contributed by atoms with Gasteiger partial charge >= 0.3 is 5.97 Å². The van der Waals surface area contributed by atoms with E-state index >= 15 is 0 Å². The van der Waals surface area contributed by atoms with Gasteiger partial charge in [-0.05, 0) is 32.6 Å². The molecule has 1 heterocycles. The smallest absolute Gasteiger partial charge is 0.328 e. The van der Waals surface area contributed by atoms with Crippen LogP contribution in [0, 0.1) is 12.8 Å². The number of halogens is 1. The molecule has 2 rings (SSSR count). The molecule has 6 heteroatoms. The molecule has 1 aromatic heterocycles.